The zero-order valence-corrected chi connectivity index (χ0v) is 11.9. The van der Waals surface area contributed by atoms with Gasteiger partial charge in [-0.2, -0.15) is 0 Å². The Kier molecular flexibility index (Phi) is 4.52. The molecule has 96 valence electrons. The molecule has 0 radical (unpaired) electrons. The van der Waals surface area contributed by atoms with Crippen LogP contribution in [0.4, 0.5) is 0 Å². The molecule has 0 aliphatic heterocycles. The maximum absolute atomic E-state index is 11.1. The highest BCUT2D eigenvalue weighted by atomic mass is 35.7. The van der Waals surface area contributed by atoms with E-state index < -0.39 is 14.8 Å². The van der Waals surface area contributed by atoms with Crippen molar-refractivity contribution in [3.05, 3.63) is 22.2 Å². The molecule has 0 N–H and O–H groups in total. The maximum Gasteiger partial charge on any atom is 0.236 e. The van der Waals surface area contributed by atoms with Crippen molar-refractivity contribution in [2.45, 2.75) is 12.7 Å². The second-order valence-electron chi connectivity index (χ2n) is 3.40. The highest BCUT2D eigenvalue weighted by Crippen LogP contribution is 2.39. The number of methoxy groups -OCH3 is 2. The summed E-state index contributed by atoms with van der Waals surface area (Å²) in [5, 5.41) is 0.312. The SMILES string of the molecule is COc1cc(C)c(Cl)c(CS(=O)(=O)Cl)c1OC. The maximum atomic E-state index is 11.1. The molecular weight excluding hydrogens is 287 g/mol. The third-order valence-corrected chi connectivity index (χ3v) is 3.68. The Labute approximate surface area is 110 Å². The van der Waals surface area contributed by atoms with Crippen molar-refractivity contribution in [1.82, 2.24) is 0 Å². The number of hydrogen-bond acceptors (Lipinski definition) is 4. The molecule has 0 unspecified atom stereocenters. The highest BCUT2D eigenvalue weighted by molar-refractivity contribution is 8.13. The molecule has 0 aromatic heterocycles. The molecule has 4 nitrogen and oxygen atoms in total. The lowest BCUT2D eigenvalue weighted by molar-refractivity contribution is 0.352. The lowest BCUT2D eigenvalue weighted by atomic mass is 10.1. The van der Waals surface area contributed by atoms with Gasteiger partial charge in [0, 0.05) is 16.2 Å². The first kappa shape index (κ1) is 14.4. The molecule has 0 atom stereocenters. The van der Waals surface area contributed by atoms with Crippen molar-refractivity contribution in [2.24, 2.45) is 0 Å². The second kappa shape index (κ2) is 5.33. The van der Waals surface area contributed by atoms with Crippen LogP contribution in [-0.2, 0) is 14.8 Å². The van der Waals surface area contributed by atoms with E-state index in [2.05, 4.69) is 0 Å². The molecular formula is C10H12Cl2O4S. The fourth-order valence-electron chi connectivity index (χ4n) is 1.49. The molecule has 0 spiro atoms. The fraction of sp³-hybridized carbons (Fsp3) is 0.400. The molecule has 0 heterocycles. The van der Waals surface area contributed by atoms with Crippen LogP contribution in [0.3, 0.4) is 0 Å². The first-order valence-corrected chi connectivity index (χ1v) is 7.48. The van der Waals surface area contributed by atoms with Crippen molar-refractivity contribution >= 4 is 31.3 Å². The van der Waals surface area contributed by atoms with Gasteiger partial charge in [0.2, 0.25) is 9.05 Å². The van der Waals surface area contributed by atoms with Crippen LogP contribution >= 0.6 is 22.3 Å². The van der Waals surface area contributed by atoms with Gasteiger partial charge >= 0.3 is 0 Å². The lowest BCUT2D eigenvalue weighted by Gasteiger charge is -2.15. The van der Waals surface area contributed by atoms with Gasteiger partial charge in [0.05, 0.1) is 25.0 Å². The normalized spacial score (nSPS) is 11.4. The van der Waals surface area contributed by atoms with E-state index in [1.165, 1.54) is 14.2 Å². The van der Waals surface area contributed by atoms with Crippen LogP contribution in [-0.4, -0.2) is 22.6 Å². The summed E-state index contributed by atoms with van der Waals surface area (Å²) in [6.45, 7) is 1.74. The van der Waals surface area contributed by atoms with E-state index in [1.807, 2.05) is 0 Å². The number of rotatable bonds is 4. The Hall–Kier alpha value is -0.650. The van der Waals surface area contributed by atoms with Crippen LogP contribution in [0.15, 0.2) is 6.07 Å². The molecule has 0 aliphatic carbocycles. The van der Waals surface area contributed by atoms with E-state index in [0.717, 1.165) is 0 Å². The van der Waals surface area contributed by atoms with Crippen molar-refractivity contribution < 1.29 is 17.9 Å². The van der Waals surface area contributed by atoms with E-state index >= 15 is 0 Å². The lowest BCUT2D eigenvalue weighted by Crippen LogP contribution is -2.03. The van der Waals surface area contributed by atoms with Gasteiger partial charge in [0.15, 0.2) is 11.5 Å². The van der Waals surface area contributed by atoms with Crippen LogP contribution in [0.25, 0.3) is 0 Å². The molecule has 1 aromatic carbocycles. The van der Waals surface area contributed by atoms with Gasteiger partial charge in [-0.3, -0.25) is 0 Å². The number of aryl methyl sites for hydroxylation is 1. The zero-order valence-electron chi connectivity index (χ0n) is 9.58. The molecule has 1 rings (SSSR count). The predicted octanol–water partition coefficient (Wildman–Crippen LogP) is 2.73. The van der Waals surface area contributed by atoms with Crippen LogP contribution in [0.2, 0.25) is 5.02 Å². The predicted molar refractivity (Wildman–Crippen MR) is 67.8 cm³/mol. The minimum absolute atomic E-state index is 0.285. The first-order valence-electron chi connectivity index (χ1n) is 4.62. The quantitative estimate of drug-likeness (QED) is 0.802. The van der Waals surface area contributed by atoms with Gasteiger partial charge in [-0.05, 0) is 18.6 Å². The van der Waals surface area contributed by atoms with Crippen molar-refractivity contribution in [2.75, 3.05) is 14.2 Å². The summed E-state index contributed by atoms with van der Waals surface area (Å²) in [7, 11) is 4.38. The summed E-state index contributed by atoms with van der Waals surface area (Å²) in [6, 6.07) is 1.67. The zero-order chi connectivity index (χ0) is 13.2. The van der Waals surface area contributed by atoms with E-state index in [0.29, 0.717) is 21.9 Å². The van der Waals surface area contributed by atoms with Crippen LogP contribution in [0.5, 0.6) is 11.5 Å². The average Bonchev–Trinajstić information content (AvgIpc) is 2.22. The minimum atomic E-state index is -3.72. The Balaban J connectivity index is 3.49. The van der Waals surface area contributed by atoms with Crippen molar-refractivity contribution in [3.8, 4) is 11.5 Å². The second-order valence-corrected chi connectivity index (χ2v) is 6.56. The standard InChI is InChI=1S/C10H12Cl2O4S/c1-6-4-8(15-2)10(16-3)7(9(6)11)5-17(12,13)14/h4H,5H2,1-3H3. The summed E-state index contributed by atoms with van der Waals surface area (Å²) >= 11 is 6.05. The molecule has 17 heavy (non-hydrogen) atoms. The molecule has 0 aliphatic rings. The van der Waals surface area contributed by atoms with E-state index in [9.17, 15) is 8.42 Å². The highest BCUT2D eigenvalue weighted by Gasteiger charge is 2.21. The summed E-state index contributed by atoms with van der Waals surface area (Å²) < 4.78 is 32.5. The summed E-state index contributed by atoms with van der Waals surface area (Å²) in [4.78, 5) is 0. The van der Waals surface area contributed by atoms with Gasteiger partial charge in [0.25, 0.3) is 0 Å². The van der Waals surface area contributed by atoms with Crippen LogP contribution in [0, 0.1) is 6.92 Å². The molecule has 7 heteroatoms. The van der Waals surface area contributed by atoms with E-state index in [1.54, 1.807) is 13.0 Å². The molecule has 0 saturated heterocycles. The van der Waals surface area contributed by atoms with Crippen LogP contribution in [0.1, 0.15) is 11.1 Å². The third kappa shape index (κ3) is 3.40. The van der Waals surface area contributed by atoms with Gasteiger partial charge in [-0.15, -0.1) is 0 Å². The Bertz CT molecular complexity index is 526. The van der Waals surface area contributed by atoms with E-state index in [-0.39, 0.29) is 5.75 Å². The van der Waals surface area contributed by atoms with Gasteiger partial charge < -0.3 is 9.47 Å². The summed E-state index contributed by atoms with van der Waals surface area (Å²) in [6.07, 6.45) is 0. The monoisotopic (exact) mass is 298 g/mol. The number of ether oxygens (including phenoxy) is 2. The van der Waals surface area contributed by atoms with Gasteiger partial charge in [-0.1, -0.05) is 11.6 Å². The molecule has 0 bridgehead atoms. The summed E-state index contributed by atoms with van der Waals surface area (Å²) in [5.41, 5.74) is 1.00. The number of hydrogen-bond donors (Lipinski definition) is 0. The van der Waals surface area contributed by atoms with Gasteiger partial charge in [-0.25, -0.2) is 8.42 Å². The van der Waals surface area contributed by atoms with Crippen molar-refractivity contribution in [1.29, 1.82) is 0 Å². The number of halogens is 2. The average molecular weight is 299 g/mol. The molecule has 0 fully saturated rings. The largest absolute Gasteiger partial charge is 0.493 e. The first-order chi connectivity index (χ1) is 7.80. The topological polar surface area (TPSA) is 52.6 Å². The molecule has 1 aromatic rings. The molecule has 0 saturated carbocycles. The van der Waals surface area contributed by atoms with Crippen LogP contribution < -0.4 is 9.47 Å². The smallest absolute Gasteiger partial charge is 0.236 e. The van der Waals surface area contributed by atoms with Crippen molar-refractivity contribution in [3.63, 3.8) is 0 Å². The van der Waals surface area contributed by atoms with Gasteiger partial charge in [0.1, 0.15) is 0 Å². The fourth-order valence-corrected chi connectivity index (χ4v) is 2.72. The third-order valence-electron chi connectivity index (χ3n) is 2.20. The number of benzene rings is 1. The summed E-state index contributed by atoms with van der Waals surface area (Å²) in [5.74, 6) is 0.297. The Morgan fingerprint density at radius 1 is 1.29 bits per heavy atom. The Morgan fingerprint density at radius 2 is 1.88 bits per heavy atom. The molecule has 0 amide bonds. The Morgan fingerprint density at radius 3 is 2.29 bits per heavy atom. The minimum Gasteiger partial charge on any atom is -0.493 e. The van der Waals surface area contributed by atoms with E-state index in [4.69, 9.17) is 31.8 Å².